The van der Waals surface area contributed by atoms with Gasteiger partial charge in [-0.3, -0.25) is 10.0 Å². The maximum atomic E-state index is 12.3. The van der Waals surface area contributed by atoms with Gasteiger partial charge in [0.05, 0.1) is 12.8 Å². The number of methoxy groups -OCH3 is 1. The molecule has 7 heteroatoms. The minimum atomic E-state index is -1.28. The summed E-state index contributed by atoms with van der Waals surface area (Å²) in [6.07, 6.45) is -2.51. The average Bonchev–Trinajstić information content (AvgIpc) is 2.81. The smallest absolute Gasteiger partial charge is 0.338 e. The zero-order valence-electron chi connectivity index (χ0n) is 12.0. The standard InChI is InChI=1S/C14H17NO6/c1-14(2)20-10(11(21-14)13(17)19-3)12(16)15(18)9-7-5-4-6-8-9/h4-8,10-11,18H,1-3H3/t10-,11-/m1/s1. The third-order valence-corrected chi connectivity index (χ3v) is 2.98. The molecule has 1 aromatic carbocycles. The highest BCUT2D eigenvalue weighted by Gasteiger charge is 2.51. The number of amides is 1. The van der Waals surface area contributed by atoms with Gasteiger partial charge in [-0.05, 0) is 26.0 Å². The van der Waals surface area contributed by atoms with Crippen LogP contribution in [-0.4, -0.2) is 42.2 Å². The molecule has 1 saturated heterocycles. The van der Waals surface area contributed by atoms with E-state index in [-0.39, 0.29) is 5.69 Å². The molecule has 21 heavy (non-hydrogen) atoms. The number of hydrogen-bond donors (Lipinski definition) is 1. The molecule has 1 aromatic rings. The van der Waals surface area contributed by atoms with E-state index in [0.717, 1.165) is 0 Å². The van der Waals surface area contributed by atoms with Gasteiger partial charge in [0.15, 0.2) is 18.0 Å². The number of carbonyl (C=O) groups is 2. The number of benzene rings is 1. The van der Waals surface area contributed by atoms with Crippen LogP contribution in [0.15, 0.2) is 30.3 Å². The SMILES string of the molecule is COC(=O)[C@@H]1OC(C)(C)O[C@H]1C(=O)N(O)c1ccccc1. The van der Waals surface area contributed by atoms with E-state index < -0.39 is 29.9 Å². The highest BCUT2D eigenvalue weighted by atomic mass is 16.8. The Morgan fingerprint density at radius 3 is 2.33 bits per heavy atom. The lowest BCUT2D eigenvalue weighted by atomic mass is 10.2. The van der Waals surface area contributed by atoms with Gasteiger partial charge in [0.2, 0.25) is 0 Å². The lowest BCUT2D eigenvalue weighted by molar-refractivity contribution is -0.168. The highest BCUT2D eigenvalue weighted by Crippen LogP contribution is 2.30. The Labute approximate surface area is 122 Å². The van der Waals surface area contributed by atoms with Crippen molar-refractivity contribution in [1.29, 1.82) is 0 Å². The lowest BCUT2D eigenvalue weighted by Gasteiger charge is -2.20. The third kappa shape index (κ3) is 3.21. The number of hydrogen-bond acceptors (Lipinski definition) is 6. The largest absolute Gasteiger partial charge is 0.467 e. The zero-order valence-corrected chi connectivity index (χ0v) is 12.0. The van der Waals surface area contributed by atoms with Crippen LogP contribution in [0.3, 0.4) is 0 Å². The van der Waals surface area contributed by atoms with Crippen LogP contribution in [0.25, 0.3) is 0 Å². The van der Waals surface area contributed by atoms with E-state index in [1.807, 2.05) is 0 Å². The molecule has 0 spiro atoms. The predicted octanol–water partition coefficient (Wildman–Crippen LogP) is 1.10. The lowest BCUT2D eigenvalue weighted by Crippen LogP contribution is -2.45. The fourth-order valence-electron chi connectivity index (χ4n) is 2.05. The van der Waals surface area contributed by atoms with Crippen molar-refractivity contribution >= 4 is 17.6 Å². The summed E-state index contributed by atoms with van der Waals surface area (Å²) in [5.41, 5.74) is 0.263. The first-order chi connectivity index (χ1) is 9.85. The molecule has 1 amide bonds. The van der Waals surface area contributed by atoms with Crippen LogP contribution >= 0.6 is 0 Å². The summed E-state index contributed by atoms with van der Waals surface area (Å²) in [5, 5.41) is 10.4. The monoisotopic (exact) mass is 295 g/mol. The van der Waals surface area contributed by atoms with Crippen LogP contribution in [0.2, 0.25) is 0 Å². The first-order valence-electron chi connectivity index (χ1n) is 6.37. The van der Waals surface area contributed by atoms with Crippen molar-refractivity contribution in [3.8, 4) is 0 Å². The van der Waals surface area contributed by atoms with Crippen molar-refractivity contribution in [2.24, 2.45) is 0 Å². The molecule has 1 fully saturated rings. The first kappa shape index (κ1) is 15.4. The number of rotatable bonds is 3. The Morgan fingerprint density at radius 2 is 1.76 bits per heavy atom. The number of nitrogens with zero attached hydrogens (tertiary/aromatic N) is 1. The quantitative estimate of drug-likeness (QED) is 0.510. The van der Waals surface area contributed by atoms with Crippen molar-refractivity contribution in [2.45, 2.75) is 31.8 Å². The van der Waals surface area contributed by atoms with E-state index in [1.165, 1.54) is 7.11 Å². The van der Waals surface area contributed by atoms with Crippen molar-refractivity contribution in [3.63, 3.8) is 0 Å². The Kier molecular flexibility index (Phi) is 4.26. The molecule has 0 unspecified atom stereocenters. The van der Waals surface area contributed by atoms with Crippen molar-refractivity contribution in [3.05, 3.63) is 30.3 Å². The van der Waals surface area contributed by atoms with Gasteiger partial charge >= 0.3 is 5.97 Å². The van der Waals surface area contributed by atoms with Crippen LogP contribution in [-0.2, 0) is 23.8 Å². The summed E-state index contributed by atoms with van der Waals surface area (Å²) in [4.78, 5) is 24.0. The average molecular weight is 295 g/mol. The van der Waals surface area contributed by atoms with Crippen molar-refractivity contribution < 1.29 is 29.0 Å². The fraction of sp³-hybridized carbons (Fsp3) is 0.429. The number of ether oxygens (including phenoxy) is 3. The van der Waals surface area contributed by atoms with Gasteiger partial charge in [-0.15, -0.1) is 0 Å². The number of carbonyl (C=O) groups excluding carboxylic acids is 2. The summed E-state index contributed by atoms with van der Waals surface area (Å²) >= 11 is 0. The van der Waals surface area contributed by atoms with Gasteiger partial charge in [-0.1, -0.05) is 18.2 Å². The summed E-state index contributed by atoms with van der Waals surface area (Å²) in [7, 11) is 1.19. The van der Waals surface area contributed by atoms with Crippen LogP contribution in [0.1, 0.15) is 13.8 Å². The molecule has 114 valence electrons. The molecule has 1 aliphatic rings. The Bertz CT molecular complexity index is 530. The fourth-order valence-corrected chi connectivity index (χ4v) is 2.05. The van der Waals surface area contributed by atoms with E-state index in [2.05, 4.69) is 4.74 Å². The summed E-state index contributed by atoms with van der Waals surface area (Å²) < 4.78 is 15.4. The van der Waals surface area contributed by atoms with Gasteiger partial charge in [-0.25, -0.2) is 4.79 Å². The van der Waals surface area contributed by atoms with Gasteiger partial charge in [-0.2, -0.15) is 5.06 Å². The van der Waals surface area contributed by atoms with E-state index in [0.29, 0.717) is 5.06 Å². The molecule has 0 aliphatic carbocycles. The Hall–Kier alpha value is -1.96. The predicted molar refractivity (Wildman–Crippen MR) is 71.6 cm³/mol. The summed E-state index contributed by atoms with van der Waals surface area (Å²) in [6.45, 7) is 3.14. The van der Waals surface area contributed by atoms with Gasteiger partial charge in [0.1, 0.15) is 0 Å². The number of anilines is 1. The minimum Gasteiger partial charge on any atom is -0.467 e. The van der Waals surface area contributed by atoms with Crippen molar-refractivity contribution in [2.75, 3.05) is 12.2 Å². The van der Waals surface area contributed by atoms with Crippen LogP contribution in [0, 0.1) is 0 Å². The molecular weight excluding hydrogens is 278 g/mol. The number of hydroxylamine groups is 1. The minimum absolute atomic E-state index is 0.263. The van der Waals surface area contributed by atoms with Crippen LogP contribution < -0.4 is 5.06 Å². The molecule has 1 N–H and O–H groups in total. The Morgan fingerprint density at radius 1 is 1.19 bits per heavy atom. The molecule has 1 aliphatic heterocycles. The molecule has 2 atom stereocenters. The van der Waals surface area contributed by atoms with Gasteiger partial charge in [0.25, 0.3) is 5.91 Å². The van der Waals surface area contributed by atoms with Crippen LogP contribution in [0.4, 0.5) is 5.69 Å². The van der Waals surface area contributed by atoms with E-state index >= 15 is 0 Å². The van der Waals surface area contributed by atoms with Crippen molar-refractivity contribution in [1.82, 2.24) is 0 Å². The Balaban J connectivity index is 2.22. The molecule has 1 heterocycles. The molecule has 0 radical (unpaired) electrons. The van der Waals surface area contributed by atoms with E-state index in [1.54, 1.807) is 44.2 Å². The zero-order chi connectivity index (χ0) is 15.6. The summed E-state index contributed by atoms with van der Waals surface area (Å²) in [6, 6.07) is 8.18. The molecule has 2 rings (SSSR count). The van der Waals surface area contributed by atoms with Gasteiger partial charge < -0.3 is 14.2 Å². The van der Waals surface area contributed by atoms with Gasteiger partial charge in [0, 0.05) is 0 Å². The third-order valence-electron chi connectivity index (χ3n) is 2.98. The number of esters is 1. The molecule has 0 aromatic heterocycles. The molecule has 7 nitrogen and oxygen atoms in total. The maximum Gasteiger partial charge on any atom is 0.338 e. The molecule has 0 saturated carbocycles. The molecule has 0 bridgehead atoms. The van der Waals surface area contributed by atoms with E-state index in [4.69, 9.17) is 9.47 Å². The summed E-state index contributed by atoms with van der Waals surface area (Å²) in [5.74, 6) is -2.67. The normalized spacial score (nSPS) is 23.6. The van der Waals surface area contributed by atoms with E-state index in [9.17, 15) is 14.8 Å². The second-order valence-electron chi connectivity index (χ2n) is 4.99. The first-order valence-corrected chi connectivity index (χ1v) is 6.37. The maximum absolute atomic E-state index is 12.3. The second-order valence-corrected chi connectivity index (χ2v) is 4.99. The topological polar surface area (TPSA) is 85.3 Å². The molecular formula is C14H17NO6. The van der Waals surface area contributed by atoms with Crippen LogP contribution in [0.5, 0.6) is 0 Å². The number of para-hydroxylation sites is 1. The highest BCUT2D eigenvalue weighted by molar-refractivity contribution is 5.98. The second kappa shape index (κ2) is 5.80.